The Morgan fingerprint density at radius 1 is 1.12 bits per heavy atom. The van der Waals surface area contributed by atoms with Crippen molar-refractivity contribution in [2.75, 3.05) is 0 Å². The zero-order chi connectivity index (χ0) is 4.24. The van der Waals surface area contributed by atoms with Gasteiger partial charge in [0.25, 0.3) is 0 Å². The van der Waals surface area contributed by atoms with Crippen LogP contribution in [0.4, 0.5) is 0 Å². The Kier molecular flexibility index (Phi) is 11.4. The van der Waals surface area contributed by atoms with E-state index in [0.717, 1.165) is 0 Å². The molecule has 0 aliphatic heterocycles. The minimum Gasteiger partial charge on any atom is -1.00 e. The number of hydrogen-bond acceptors (Lipinski definition) is 0. The second kappa shape index (κ2) is 7.84. The van der Waals surface area contributed by atoms with Gasteiger partial charge in [0.2, 0.25) is 0 Å². The average Bonchev–Trinajstić information content (AvgIpc) is 1.72. The predicted molar refractivity (Wildman–Crippen MR) is 27.3 cm³/mol. The van der Waals surface area contributed by atoms with Crippen molar-refractivity contribution in [2.45, 2.75) is 19.3 Å². The zero-order valence-electron chi connectivity index (χ0n) is 4.94. The second-order valence-electron chi connectivity index (χ2n) is 1.59. The summed E-state index contributed by atoms with van der Waals surface area (Å²) in [7, 11) is 0. The maximum absolute atomic E-state index is 2.21. The van der Waals surface area contributed by atoms with Gasteiger partial charge in [-0.1, -0.05) is 12.2 Å². The van der Waals surface area contributed by atoms with Crippen LogP contribution < -0.4 is 17.0 Å². The molecule has 8 heavy (non-hydrogen) atoms. The molecule has 2 heteroatoms. The fraction of sp³-hybridized carbons (Fsp3) is 0.500. The van der Waals surface area contributed by atoms with Gasteiger partial charge in [0.15, 0.2) is 0 Å². The van der Waals surface area contributed by atoms with E-state index in [9.17, 15) is 0 Å². The van der Waals surface area contributed by atoms with Crippen molar-refractivity contribution < 1.29 is 36.5 Å². The molecule has 0 heterocycles. The van der Waals surface area contributed by atoms with Crippen LogP contribution in [0, 0.1) is 6.42 Å². The first kappa shape index (κ1) is 11.6. The molecule has 0 aromatic heterocycles. The summed E-state index contributed by atoms with van der Waals surface area (Å²) in [6.45, 7) is 0. The Balaban J connectivity index is 0. The Labute approximate surface area is 74.3 Å². The van der Waals surface area contributed by atoms with Crippen LogP contribution in [0.1, 0.15) is 19.3 Å². The summed E-state index contributed by atoms with van der Waals surface area (Å²) >= 11 is 0. The number of hydrogen-bond donors (Lipinski definition) is 0. The van der Waals surface area contributed by atoms with Crippen LogP contribution in [0.15, 0.2) is 12.2 Å². The third-order valence-corrected chi connectivity index (χ3v) is 1.01. The van der Waals surface area contributed by atoms with Crippen molar-refractivity contribution in [2.24, 2.45) is 0 Å². The van der Waals surface area contributed by atoms with Crippen LogP contribution in [0.25, 0.3) is 0 Å². The van der Waals surface area contributed by atoms with E-state index in [4.69, 9.17) is 0 Å². The smallest absolute Gasteiger partial charge is 0 e. The van der Waals surface area contributed by atoms with Crippen LogP contribution in [-0.4, -0.2) is 0 Å². The zero-order valence-corrected chi connectivity index (χ0v) is 9.49. The molecule has 0 saturated heterocycles. The van der Waals surface area contributed by atoms with E-state index >= 15 is 0 Å². The molecule has 1 aliphatic carbocycles. The summed E-state index contributed by atoms with van der Waals surface area (Å²) in [5, 5.41) is 0. The van der Waals surface area contributed by atoms with Gasteiger partial charge in [-0.3, -0.25) is 0 Å². The van der Waals surface area contributed by atoms with Crippen molar-refractivity contribution in [1.29, 1.82) is 0 Å². The molecular formula is C6H9BrZn-. The molecule has 0 nitrogen and oxygen atoms in total. The van der Waals surface area contributed by atoms with Crippen molar-refractivity contribution in [3.8, 4) is 0 Å². The molecule has 0 spiro atoms. The van der Waals surface area contributed by atoms with E-state index in [1.54, 1.807) is 0 Å². The molecule has 0 fully saturated rings. The van der Waals surface area contributed by atoms with E-state index in [0.29, 0.717) is 0 Å². The summed E-state index contributed by atoms with van der Waals surface area (Å²) in [5.74, 6) is 0. The van der Waals surface area contributed by atoms with Gasteiger partial charge in [0, 0.05) is 19.5 Å². The van der Waals surface area contributed by atoms with Gasteiger partial charge in [-0.2, -0.15) is 0 Å². The second-order valence-corrected chi connectivity index (χ2v) is 1.59. The van der Waals surface area contributed by atoms with E-state index in [1.807, 2.05) is 0 Å². The van der Waals surface area contributed by atoms with E-state index in [2.05, 4.69) is 18.6 Å². The predicted octanol–water partition coefficient (Wildman–Crippen LogP) is -1.07. The van der Waals surface area contributed by atoms with Gasteiger partial charge in [0.05, 0.1) is 0 Å². The van der Waals surface area contributed by atoms with E-state index < -0.39 is 0 Å². The molecule has 1 rings (SSSR count). The Morgan fingerprint density at radius 2 is 1.88 bits per heavy atom. The molecule has 0 N–H and O–H groups in total. The van der Waals surface area contributed by atoms with Gasteiger partial charge >= 0.3 is 0 Å². The van der Waals surface area contributed by atoms with Crippen LogP contribution >= 0.6 is 0 Å². The summed E-state index contributed by atoms with van der Waals surface area (Å²) in [5.41, 5.74) is 0. The average molecular weight is 226 g/mol. The Hall–Kier alpha value is 0.843. The summed E-state index contributed by atoms with van der Waals surface area (Å²) < 4.78 is 0. The van der Waals surface area contributed by atoms with Crippen molar-refractivity contribution in [3.05, 3.63) is 18.6 Å². The van der Waals surface area contributed by atoms with Crippen molar-refractivity contribution in [1.82, 2.24) is 0 Å². The maximum Gasteiger partial charge on any atom is 0 e. The molecule has 0 atom stereocenters. The molecule has 1 aliphatic rings. The van der Waals surface area contributed by atoms with Crippen LogP contribution in [-0.2, 0) is 19.5 Å². The number of halogens is 1. The topological polar surface area (TPSA) is 0 Å². The third-order valence-electron chi connectivity index (χ3n) is 1.01. The third kappa shape index (κ3) is 4.99. The quantitative estimate of drug-likeness (QED) is 0.462. The summed E-state index contributed by atoms with van der Waals surface area (Å²) in [6.07, 6.45) is 10.5. The molecule has 0 aromatic rings. The monoisotopic (exact) mass is 224 g/mol. The Bertz CT molecular complexity index is 53.5. The van der Waals surface area contributed by atoms with E-state index in [1.165, 1.54) is 19.3 Å². The number of rotatable bonds is 0. The molecule has 0 aromatic carbocycles. The minimum absolute atomic E-state index is 0. The first-order valence-electron chi connectivity index (χ1n) is 2.48. The largest absolute Gasteiger partial charge is 1.00 e. The first-order valence-corrected chi connectivity index (χ1v) is 2.48. The van der Waals surface area contributed by atoms with Gasteiger partial charge in [-0.15, -0.1) is 0 Å². The Morgan fingerprint density at radius 3 is 2.00 bits per heavy atom. The SMILES string of the molecule is [Br-].[CH]1C=CCCC1.[Zn]. The van der Waals surface area contributed by atoms with Crippen LogP contribution in [0.5, 0.6) is 0 Å². The molecule has 1 radical (unpaired) electrons. The molecule has 0 unspecified atom stereocenters. The molecule has 0 bridgehead atoms. The van der Waals surface area contributed by atoms with Gasteiger partial charge < -0.3 is 17.0 Å². The normalized spacial score (nSPS) is 16.0. The van der Waals surface area contributed by atoms with Crippen molar-refractivity contribution in [3.63, 3.8) is 0 Å². The van der Waals surface area contributed by atoms with E-state index in [-0.39, 0.29) is 36.5 Å². The van der Waals surface area contributed by atoms with Gasteiger partial charge in [0.1, 0.15) is 0 Å². The standard InChI is InChI=1S/C6H9.BrH.Zn/c1-2-4-6-5-3-1;;/h1-3H,4-6H2;1H;/p-1. The molecule has 0 saturated carbocycles. The summed E-state index contributed by atoms with van der Waals surface area (Å²) in [4.78, 5) is 0. The number of allylic oxidation sites excluding steroid dienone is 2. The molecule has 0 amide bonds. The fourth-order valence-electron chi connectivity index (χ4n) is 0.642. The van der Waals surface area contributed by atoms with Crippen molar-refractivity contribution >= 4 is 0 Å². The minimum atomic E-state index is 0. The first-order chi connectivity index (χ1) is 3.00. The fourth-order valence-corrected chi connectivity index (χ4v) is 0.642. The molecule has 43 valence electrons. The van der Waals surface area contributed by atoms with Gasteiger partial charge in [-0.25, -0.2) is 0 Å². The molecular weight excluding hydrogens is 217 g/mol. The maximum atomic E-state index is 2.21. The van der Waals surface area contributed by atoms with Crippen LogP contribution in [0.3, 0.4) is 0 Å². The summed E-state index contributed by atoms with van der Waals surface area (Å²) in [6, 6.07) is 0. The van der Waals surface area contributed by atoms with Gasteiger partial charge in [-0.05, 0) is 25.7 Å². The van der Waals surface area contributed by atoms with Crippen LogP contribution in [0.2, 0.25) is 0 Å².